The molecule has 34 heavy (non-hydrogen) atoms. The number of carbonyl (C=O) groups excluding carboxylic acids is 2. The molecule has 0 radical (unpaired) electrons. The van der Waals surface area contributed by atoms with Crippen LogP contribution in [0.15, 0.2) is 48.5 Å². The Hall–Kier alpha value is -3.70. The fraction of sp³-hybridized carbons (Fsp3) is 0.231. The zero-order chi connectivity index (χ0) is 25.0. The minimum Gasteiger partial charge on any atom is -0.495 e. The number of carbonyl (C=O) groups is 2. The van der Waals surface area contributed by atoms with E-state index in [0.717, 1.165) is 0 Å². The lowest BCUT2D eigenvalue weighted by Crippen LogP contribution is -2.15. The van der Waals surface area contributed by atoms with Gasteiger partial charge in [-0.1, -0.05) is 41.0 Å². The molecule has 0 spiro atoms. The van der Waals surface area contributed by atoms with Gasteiger partial charge in [0.05, 0.1) is 28.4 Å². The lowest BCUT2D eigenvalue weighted by atomic mass is 9.91. The molecule has 0 aromatic heterocycles. The molecule has 3 rings (SSSR count). The molecule has 0 fully saturated rings. The van der Waals surface area contributed by atoms with Gasteiger partial charge >= 0.3 is 13.3 Å². The van der Waals surface area contributed by atoms with Crippen molar-refractivity contribution < 1.29 is 33.1 Å². The summed E-state index contributed by atoms with van der Waals surface area (Å²) < 4.78 is 35.4. The van der Waals surface area contributed by atoms with Crippen molar-refractivity contribution in [3.63, 3.8) is 0 Å². The normalized spacial score (nSPS) is 10.9. The first kappa shape index (κ1) is 24.9. The Morgan fingerprint density at radius 1 is 0.676 bits per heavy atom. The van der Waals surface area contributed by atoms with Crippen LogP contribution in [0.1, 0.15) is 37.4 Å². The maximum Gasteiger partial charge on any atom is 0.466 e. The summed E-state index contributed by atoms with van der Waals surface area (Å²) in [6, 6.07) is 13.7. The Balaban J connectivity index is 2.25. The van der Waals surface area contributed by atoms with Crippen LogP contribution < -0.4 is 24.3 Å². The van der Waals surface area contributed by atoms with E-state index in [9.17, 15) is 14.2 Å². The van der Waals surface area contributed by atoms with Crippen molar-refractivity contribution in [2.24, 2.45) is 0 Å². The maximum absolute atomic E-state index is 13.7. The first-order valence-electron chi connectivity index (χ1n) is 10.4. The molecule has 0 heterocycles. The summed E-state index contributed by atoms with van der Waals surface area (Å²) in [7, 11) is 2.94. The van der Waals surface area contributed by atoms with E-state index in [0.29, 0.717) is 22.3 Å². The van der Waals surface area contributed by atoms with Crippen LogP contribution in [0.3, 0.4) is 0 Å². The molecule has 0 amide bonds. The first-order chi connectivity index (χ1) is 16.3. The highest BCUT2D eigenvalue weighted by Gasteiger charge is 2.44. The minimum atomic E-state index is -2.69. The molecule has 1 atom stereocenters. The summed E-state index contributed by atoms with van der Waals surface area (Å²) >= 11 is 0. The minimum absolute atomic E-state index is 0.00122. The molecule has 8 heteroatoms. The molecule has 0 aliphatic carbocycles. The van der Waals surface area contributed by atoms with Gasteiger partial charge in [-0.3, -0.25) is 4.79 Å². The van der Waals surface area contributed by atoms with Gasteiger partial charge in [-0.15, -0.1) is 0 Å². The molecule has 0 saturated heterocycles. The highest BCUT2D eigenvalue weighted by Crippen LogP contribution is 2.45. The maximum atomic E-state index is 13.7. The number of hydrogen-bond acceptors (Lipinski definition) is 7. The highest BCUT2D eigenvalue weighted by atomic mass is 31.1. The number of ether oxygens (including phenoxy) is 4. The van der Waals surface area contributed by atoms with Gasteiger partial charge in [0, 0.05) is 22.3 Å². The van der Waals surface area contributed by atoms with E-state index >= 15 is 0 Å². The van der Waals surface area contributed by atoms with E-state index in [1.54, 1.807) is 56.3 Å². The molecular weight excluding hydrogens is 455 g/mol. The largest absolute Gasteiger partial charge is 0.495 e. The van der Waals surface area contributed by atoms with Crippen LogP contribution in [-0.4, -0.2) is 39.7 Å². The Bertz CT molecular complexity index is 1210. The van der Waals surface area contributed by atoms with Crippen LogP contribution in [0.2, 0.25) is 0 Å². The summed E-state index contributed by atoms with van der Waals surface area (Å²) in [6.07, 6.45) is 0. The van der Waals surface area contributed by atoms with Crippen molar-refractivity contribution in [2.75, 3.05) is 28.4 Å². The topological polar surface area (TPSA) is 88.1 Å². The Labute approximate surface area is 199 Å². The van der Waals surface area contributed by atoms with E-state index < -0.39 is 13.3 Å². The predicted octanol–water partition coefficient (Wildman–Crippen LogP) is 4.86. The fourth-order valence-corrected chi connectivity index (χ4v) is 5.34. The second-order valence-corrected chi connectivity index (χ2v) is 8.81. The lowest BCUT2D eigenvalue weighted by Gasteiger charge is -2.19. The highest BCUT2D eigenvalue weighted by molar-refractivity contribution is 7.72. The third kappa shape index (κ3) is 4.27. The van der Waals surface area contributed by atoms with Crippen LogP contribution in [0.4, 0.5) is 0 Å². The zero-order valence-corrected chi connectivity index (χ0v) is 20.8. The standard InChI is InChI=1S/C26H26O7P/c1-15-20(22(27)17-11-8-7-9-12-17)16(2)24(33-6)21(23(15)32-5)26(28)34(29)25-18(30-3)13-10-14-19(25)31-4/h7-14H,1-6H3/q+1. The van der Waals surface area contributed by atoms with Gasteiger partial charge in [-0.05, 0) is 26.0 Å². The molecule has 176 valence electrons. The van der Waals surface area contributed by atoms with Gasteiger partial charge in [-0.25, -0.2) is 4.79 Å². The SMILES string of the molecule is COc1cccc(OC)c1[P+](=O)C(=O)c1c(OC)c(C)c(C(=O)c2ccccc2)c(C)c1OC. The van der Waals surface area contributed by atoms with Crippen LogP contribution in [0.25, 0.3) is 0 Å². The molecule has 0 aliphatic heterocycles. The van der Waals surface area contributed by atoms with Crippen LogP contribution in [0.5, 0.6) is 23.0 Å². The summed E-state index contributed by atoms with van der Waals surface area (Å²) in [6.45, 7) is 3.38. The molecule has 3 aromatic rings. The molecule has 0 aliphatic rings. The second kappa shape index (κ2) is 10.5. The zero-order valence-electron chi connectivity index (χ0n) is 19.9. The molecule has 0 bridgehead atoms. The van der Waals surface area contributed by atoms with E-state index in [1.165, 1.54) is 28.4 Å². The van der Waals surface area contributed by atoms with Crippen molar-refractivity contribution in [3.8, 4) is 23.0 Å². The van der Waals surface area contributed by atoms with Crippen molar-refractivity contribution in [1.29, 1.82) is 0 Å². The Morgan fingerprint density at radius 2 is 1.18 bits per heavy atom. The van der Waals surface area contributed by atoms with Crippen LogP contribution in [0, 0.1) is 13.8 Å². The van der Waals surface area contributed by atoms with E-state index in [-0.39, 0.29) is 39.6 Å². The summed E-state index contributed by atoms with van der Waals surface area (Å²) in [5, 5.41) is 0.136. The van der Waals surface area contributed by atoms with E-state index in [2.05, 4.69) is 0 Å². The molecule has 0 N–H and O–H groups in total. The summed E-state index contributed by atoms with van der Waals surface area (Å²) in [5.74, 6) is 0.544. The van der Waals surface area contributed by atoms with Crippen molar-refractivity contribution in [1.82, 2.24) is 0 Å². The summed E-state index contributed by atoms with van der Waals surface area (Å²) in [4.78, 5) is 27.0. The number of ketones is 1. The molecule has 7 nitrogen and oxygen atoms in total. The lowest BCUT2D eigenvalue weighted by molar-refractivity contribution is 0.103. The Morgan fingerprint density at radius 3 is 1.62 bits per heavy atom. The van der Waals surface area contributed by atoms with Gasteiger partial charge in [0.25, 0.3) is 5.30 Å². The summed E-state index contributed by atoms with van der Waals surface area (Å²) in [5.41, 5.74) is 1.03. The van der Waals surface area contributed by atoms with Crippen molar-refractivity contribution >= 4 is 24.4 Å². The van der Waals surface area contributed by atoms with Gasteiger partial charge in [-0.2, -0.15) is 0 Å². The smallest absolute Gasteiger partial charge is 0.466 e. The predicted molar refractivity (Wildman–Crippen MR) is 130 cm³/mol. The number of hydrogen-bond donors (Lipinski definition) is 0. The van der Waals surface area contributed by atoms with Gasteiger partial charge < -0.3 is 18.9 Å². The third-order valence-electron chi connectivity index (χ3n) is 5.56. The van der Waals surface area contributed by atoms with Gasteiger partial charge in [0.2, 0.25) is 0 Å². The molecule has 3 aromatic carbocycles. The quantitative estimate of drug-likeness (QED) is 0.319. The Kier molecular flexibility index (Phi) is 7.69. The van der Waals surface area contributed by atoms with Crippen LogP contribution >= 0.6 is 7.80 Å². The number of benzene rings is 3. The van der Waals surface area contributed by atoms with Gasteiger partial charge in [0.1, 0.15) is 11.5 Å². The molecular formula is C26H26O7P+. The fourth-order valence-electron chi connectivity index (χ4n) is 4.00. The average Bonchev–Trinajstić information content (AvgIpc) is 2.87. The third-order valence-corrected chi connectivity index (χ3v) is 7.00. The van der Waals surface area contributed by atoms with Crippen LogP contribution in [-0.2, 0) is 4.57 Å². The number of rotatable bonds is 9. The van der Waals surface area contributed by atoms with E-state index in [1.807, 2.05) is 6.07 Å². The van der Waals surface area contributed by atoms with E-state index in [4.69, 9.17) is 18.9 Å². The molecule has 0 saturated carbocycles. The number of methoxy groups -OCH3 is 4. The van der Waals surface area contributed by atoms with Gasteiger partial charge in [0.15, 0.2) is 22.8 Å². The first-order valence-corrected chi connectivity index (χ1v) is 11.7. The average molecular weight is 481 g/mol. The molecule has 1 unspecified atom stereocenters. The van der Waals surface area contributed by atoms with Crippen molar-refractivity contribution in [2.45, 2.75) is 13.8 Å². The second-order valence-electron chi connectivity index (χ2n) is 7.37. The monoisotopic (exact) mass is 481 g/mol. The van der Waals surface area contributed by atoms with Crippen molar-refractivity contribution in [3.05, 3.63) is 76.3 Å².